The second kappa shape index (κ2) is 4.88. The Morgan fingerprint density at radius 2 is 2.00 bits per heavy atom. The zero-order valence-corrected chi connectivity index (χ0v) is 10.7. The van der Waals surface area contributed by atoms with Crippen molar-refractivity contribution in [3.8, 4) is 0 Å². The molecule has 0 heterocycles. The molecule has 0 aromatic heterocycles. The SMILES string of the molecule is CC(Cc1ccccc1Cl)C(C)(C)C(N)=O. The molecule has 88 valence electrons. The van der Waals surface area contributed by atoms with Gasteiger partial charge in [-0.25, -0.2) is 0 Å². The van der Waals surface area contributed by atoms with Gasteiger partial charge in [0.1, 0.15) is 0 Å². The van der Waals surface area contributed by atoms with E-state index in [0.717, 1.165) is 17.0 Å². The van der Waals surface area contributed by atoms with E-state index in [4.69, 9.17) is 17.3 Å². The Morgan fingerprint density at radius 3 is 2.50 bits per heavy atom. The molecule has 0 fully saturated rings. The molecule has 1 atom stereocenters. The van der Waals surface area contributed by atoms with Crippen LogP contribution in [0.1, 0.15) is 26.3 Å². The van der Waals surface area contributed by atoms with Crippen molar-refractivity contribution in [2.24, 2.45) is 17.1 Å². The molecule has 3 heteroatoms. The van der Waals surface area contributed by atoms with Gasteiger partial charge < -0.3 is 5.73 Å². The molecule has 1 unspecified atom stereocenters. The van der Waals surface area contributed by atoms with Gasteiger partial charge >= 0.3 is 0 Å². The normalized spacial score (nSPS) is 13.5. The summed E-state index contributed by atoms with van der Waals surface area (Å²) in [6.07, 6.45) is 0.760. The van der Waals surface area contributed by atoms with Crippen LogP contribution in [0.3, 0.4) is 0 Å². The molecule has 1 amide bonds. The van der Waals surface area contributed by atoms with Gasteiger partial charge in [-0.15, -0.1) is 0 Å². The van der Waals surface area contributed by atoms with Gasteiger partial charge in [-0.1, -0.05) is 50.6 Å². The monoisotopic (exact) mass is 239 g/mol. The van der Waals surface area contributed by atoms with Gasteiger partial charge in [-0.3, -0.25) is 4.79 Å². The minimum atomic E-state index is -0.515. The Kier molecular flexibility index (Phi) is 3.98. The van der Waals surface area contributed by atoms with Crippen LogP contribution in [0.5, 0.6) is 0 Å². The van der Waals surface area contributed by atoms with Crippen LogP contribution in [0.25, 0.3) is 0 Å². The van der Waals surface area contributed by atoms with Crippen molar-refractivity contribution in [2.75, 3.05) is 0 Å². The van der Waals surface area contributed by atoms with Gasteiger partial charge in [0.15, 0.2) is 0 Å². The molecule has 1 aromatic carbocycles. The third kappa shape index (κ3) is 2.76. The summed E-state index contributed by atoms with van der Waals surface area (Å²) in [6, 6.07) is 7.69. The first-order chi connectivity index (χ1) is 7.35. The van der Waals surface area contributed by atoms with Crippen LogP contribution in [0.15, 0.2) is 24.3 Å². The van der Waals surface area contributed by atoms with Crippen molar-refractivity contribution < 1.29 is 4.79 Å². The fraction of sp³-hybridized carbons (Fsp3) is 0.462. The van der Waals surface area contributed by atoms with E-state index in [1.165, 1.54) is 0 Å². The largest absolute Gasteiger partial charge is 0.369 e. The van der Waals surface area contributed by atoms with Crippen LogP contribution in [-0.4, -0.2) is 5.91 Å². The molecular weight excluding hydrogens is 222 g/mol. The Labute approximate surface area is 102 Å². The first-order valence-corrected chi connectivity index (χ1v) is 5.76. The van der Waals surface area contributed by atoms with Crippen molar-refractivity contribution in [2.45, 2.75) is 27.2 Å². The lowest BCUT2D eigenvalue weighted by atomic mass is 9.76. The lowest BCUT2D eigenvalue weighted by molar-refractivity contribution is -0.128. The topological polar surface area (TPSA) is 43.1 Å². The summed E-state index contributed by atoms with van der Waals surface area (Å²) in [6.45, 7) is 5.77. The summed E-state index contributed by atoms with van der Waals surface area (Å²) in [5.41, 5.74) is 5.94. The quantitative estimate of drug-likeness (QED) is 0.862. The maximum atomic E-state index is 11.3. The van der Waals surface area contributed by atoms with Gasteiger partial charge in [-0.2, -0.15) is 0 Å². The highest BCUT2D eigenvalue weighted by Gasteiger charge is 2.32. The molecule has 0 aliphatic rings. The van der Waals surface area contributed by atoms with Crippen molar-refractivity contribution in [3.05, 3.63) is 34.9 Å². The van der Waals surface area contributed by atoms with Crippen molar-refractivity contribution >= 4 is 17.5 Å². The molecule has 0 saturated carbocycles. The first kappa shape index (κ1) is 13.0. The number of nitrogens with two attached hydrogens (primary N) is 1. The lowest BCUT2D eigenvalue weighted by Crippen LogP contribution is -2.38. The number of hydrogen-bond donors (Lipinski definition) is 1. The average Bonchev–Trinajstić information content (AvgIpc) is 2.21. The van der Waals surface area contributed by atoms with Gasteiger partial charge in [-0.05, 0) is 24.0 Å². The Hall–Kier alpha value is -1.02. The smallest absolute Gasteiger partial charge is 0.223 e. The van der Waals surface area contributed by atoms with Crippen LogP contribution in [0.4, 0.5) is 0 Å². The summed E-state index contributed by atoms with van der Waals surface area (Å²) in [5.74, 6) is -0.114. The Morgan fingerprint density at radius 1 is 1.44 bits per heavy atom. The van der Waals surface area contributed by atoms with Crippen LogP contribution >= 0.6 is 11.6 Å². The number of halogens is 1. The standard InChI is InChI=1S/C13H18ClNO/c1-9(13(2,3)12(15)16)8-10-6-4-5-7-11(10)14/h4-7,9H,8H2,1-3H3,(H2,15,16). The first-order valence-electron chi connectivity index (χ1n) is 5.39. The lowest BCUT2D eigenvalue weighted by Gasteiger charge is -2.28. The number of rotatable bonds is 4. The highest BCUT2D eigenvalue weighted by molar-refractivity contribution is 6.31. The summed E-state index contributed by atoms with van der Waals surface area (Å²) < 4.78 is 0. The molecule has 1 rings (SSSR count). The maximum absolute atomic E-state index is 11.3. The molecule has 2 nitrogen and oxygen atoms in total. The predicted octanol–water partition coefficient (Wildman–Crippen LogP) is 3.03. The highest BCUT2D eigenvalue weighted by Crippen LogP contribution is 2.30. The fourth-order valence-electron chi connectivity index (χ4n) is 1.49. The second-order valence-electron chi connectivity index (χ2n) is 4.78. The average molecular weight is 240 g/mol. The maximum Gasteiger partial charge on any atom is 0.223 e. The molecule has 1 aromatic rings. The van der Waals surface area contributed by atoms with Crippen LogP contribution in [0.2, 0.25) is 5.02 Å². The molecule has 16 heavy (non-hydrogen) atoms. The van der Waals surface area contributed by atoms with E-state index in [-0.39, 0.29) is 11.8 Å². The Balaban J connectivity index is 2.83. The summed E-state index contributed by atoms with van der Waals surface area (Å²) in [4.78, 5) is 11.3. The third-order valence-corrected chi connectivity index (χ3v) is 3.72. The summed E-state index contributed by atoms with van der Waals surface area (Å²) in [7, 11) is 0. The van der Waals surface area contributed by atoms with E-state index < -0.39 is 5.41 Å². The zero-order valence-electron chi connectivity index (χ0n) is 9.96. The van der Waals surface area contributed by atoms with Gasteiger partial charge in [0, 0.05) is 10.4 Å². The summed E-state index contributed by atoms with van der Waals surface area (Å²) >= 11 is 6.08. The van der Waals surface area contributed by atoms with E-state index in [1.807, 2.05) is 45.0 Å². The van der Waals surface area contributed by atoms with Crippen LogP contribution in [-0.2, 0) is 11.2 Å². The highest BCUT2D eigenvalue weighted by atomic mass is 35.5. The summed E-state index contributed by atoms with van der Waals surface area (Å²) in [5, 5.41) is 0.745. The molecule has 0 radical (unpaired) electrons. The number of hydrogen-bond acceptors (Lipinski definition) is 1. The predicted molar refractivity (Wildman–Crippen MR) is 67.3 cm³/mol. The van der Waals surface area contributed by atoms with E-state index >= 15 is 0 Å². The molecule has 0 bridgehead atoms. The minimum absolute atomic E-state index is 0.157. The zero-order chi connectivity index (χ0) is 12.3. The molecule has 0 aliphatic heterocycles. The number of carbonyl (C=O) groups excluding carboxylic acids is 1. The van der Waals surface area contributed by atoms with E-state index in [9.17, 15) is 4.79 Å². The van der Waals surface area contributed by atoms with Crippen LogP contribution < -0.4 is 5.73 Å². The van der Waals surface area contributed by atoms with Gasteiger partial charge in [0.05, 0.1) is 0 Å². The molecule has 0 aliphatic carbocycles. The number of benzene rings is 1. The van der Waals surface area contributed by atoms with E-state index in [2.05, 4.69) is 0 Å². The number of primary amides is 1. The molecule has 2 N–H and O–H groups in total. The minimum Gasteiger partial charge on any atom is -0.369 e. The third-order valence-electron chi connectivity index (χ3n) is 3.35. The Bertz CT molecular complexity index is 387. The van der Waals surface area contributed by atoms with E-state index in [0.29, 0.717) is 0 Å². The second-order valence-corrected chi connectivity index (χ2v) is 5.19. The molecule has 0 spiro atoms. The van der Waals surface area contributed by atoms with Crippen LogP contribution in [0, 0.1) is 11.3 Å². The fourth-order valence-corrected chi connectivity index (χ4v) is 1.70. The van der Waals surface area contributed by atoms with Crippen molar-refractivity contribution in [3.63, 3.8) is 0 Å². The van der Waals surface area contributed by atoms with Gasteiger partial charge in [0.25, 0.3) is 0 Å². The molecule has 0 saturated heterocycles. The number of carbonyl (C=O) groups is 1. The van der Waals surface area contributed by atoms with Crippen molar-refractivity contribution in [1.82, 2.24) is 0 Å². The molecular formula is C13H18ClNO. The van der Waals surface area contributed by atoms with Gasteiger partial charge in [0.2, 0.25) is 5.91 Å². The van der Waals surface area contributed by atoms with Crippen molar-refractivity contribution in [1.29, 1.82) is 0 Å². The number of amides is 1. The van der Waals surface area contributed by atoms with E-state index in [1.54, 1.807) is 0 Å².